The van der Waals surface area contributed by atoms with Crippen LogP contribution in [0.3, 0.4) is 0 Å². The van der Waals surface area contributed by atoms with Crippen LogP contribution in [-0.4, -0.2) is 11.1 Å². The van der Waals surface area contributed by atoms with Gasteiger partial charge in [-0.2, -0.15) is 0 Å². The molecule has 0 aliphatic rings. The highest BCUT2D eigenvalue weighted by atomic mass is 16.4. The van der Waals surface area contributed by atoms with E-state index in [1.807, 2.05) is 30.3 Å². The van der Waals surface area contributed by atoms with Crippen LogP contribution in [0.25, 0.3) is 0 Å². The summed E-state index contributed by atoms with van der Waals surface area (Å²) in [7, 11) is 0. The molecule has 0 radical (unpaired) electrons. The van der Waals surface area contributed by atoms with E-state index in [0.717, 1.165) is 11.1 Å². The molecule has 0 spiro atoms. The third kappa shape index (κ3) is 3.08. The van der Waals surface area contributed by atoms with Crippen LogP contribution in [0.2, 0.25) is 0 Å². The van der Waals surface area contributed by atoms with E-state index in [9.17, 15) is 9.90 Å². The Morgan fingerprint density at radius 1 is 1.05 bits per heavy atom. The molecule has 2 aromatic carbocycles. The highest BCUT2D eigenvalue weighted by Crippen LogP contribution is 2.26. The fourth-order valence-corrected chi connectivity index (χ4v) is 2.77. The number of carboxylic acid groups (broad SMARTS) is 1. The van der Waals surface area contributed by atoms with Crippen molar-refractivity contribution in [2.45, 2.75) is 33.1 Å². The SMILES string of the molecule is Cc1cc(C)c(C[C@H](C(=O)O)c2ccccc2)c(C)c1. The van der Waals surface area contributed by atoms with Gasteiger partial charge in [-0.3, -0.25) is 4.79 Å². The van der Waals surface area contributed by atoms with E-state index >= 15 is 0 Å². The van der Waals surface area contributed by atoms with Crippen molar-refractivity contribution in [2.75, 3.05) is 0 Å². The first kappa shape index (κ1) is 14.3. The van der Waals surface area contributed by atoms with Gasteiger partial charge in [0.25, 0.3) is 0 Å². The van der Waals surface area contributed by atoms with Gasteiger partial charge in [-0.15, -0.1) is 0 Å². The maximum absolute atomic E-state index is 11.6. The first-order chi connectivity index (χ1) is 9.49. The fourth-order valence-electron chi connectivity index (χ4n) is 2.77. The fraction of sp³-hybridized carbons (Fsp3) is 0.278. The lowest BCUT2D eigenvalue weighted by atomic mass is 9.87. The van der Waals surface area contributed by atoms with Gasteiger partial charge < -0.3 is 5.11 Å². The molecule has 0 heterocycles. The van der Waals surface area contributed by atoms with Crippen molar-refractivity contribution in [3.05, 3.63) is 70.3 Å². The van der Waals surface area contributed by atoms with Gasteiger partial charge in [0.05, 0.1) is 5.92 Å². The normalized spacial score (nSPS) is 12.2. The number of carboxylic acids is 1. The first-order valence-corrected chi connectivity index (χ1v) is 6.83. The Morgan fingerprint density at radius 3 is 2.10 bits per heavy atom. The maximum atomic E-state index is 11.6. The molecule has 2 heteroatoms. The largest absolute Gasteiger partial charge is 0.481 e. The van der Waals surface area contributed by atoms with Crippen LogP contribution in [0.1, 0.15) is 33.7 Å². The molecule has 1 N–H and O–H groups in total. The molecule has 0 unspecified atom stereocenters. The molecule has 2 aromatic rings. The predicted molar refractivity (Wildman–Crippen MR) is 81.2 cm³/mol. The Bertz CT molecular complexity index is 592. The number of carbonyl (C=O) groups is 1. The smallest absolute Gasteiger partial charge is 0.311 e. The monoisotopic (exact) mass is 268 g/mol. The van der Waals surface area contributed by atoms with Crippen LogP contribution in [0, 0.1) is 20.8 Å². The molecular formula is C18H20O2. The van der Waals surface area contributed by atoms with Crippen molar-refractivity contribution in [1.29, 1.82) is 0 Å². The summed E-state index contributed by atoms with van der Waals surface area (Å²) in [5.41, 5.74) is 5.57. The van der Waals surface area contributed by atoms with Crippen LogP contribution in [0.5, 0.6) is 0 Å². The quantitative estimate of drug-likeness (QED) is 0.909. The molecule has 0 aliphatic heterocycles. The first-order valence-electron chi connectivity index (χ1n) is 6.83. The van der Waals surface area contributed by atoms with Crippen molar-refractivity contribution < 1.29 is 9.90 Å². The number of benzene rings is 2. The summed E-state index contributed by atoms with van der Waals surface area (Å²) < 4.78 is 0. The standard InChI is InChI=1S/C18H20O2/c1-12-9-13(2)16(14(3)10-12)11-17(18(19)20)15-7-5-4-6-8-15/h4-10,17H,11H2,1-3H3,(H,19,20)/t17-/m0/s1. The molecule has 0 aliphatic carbocycles. The second-order valence-electron chi connectivity index (χ2n) is 5.38. The minimum Gasteiger partial charge on any atom is -0.481 e. The zero-order chi connectivity index (χ0) is 14.7. The number of aryl methyl sites for hydroxylation is 3. The number of hydrogen-bond donors (Lipinski definition) is 1. The summed E-state index contributed by atoms with van der Waals surface area (Å²) in [4.78, 5) is 11.6. The summed E-state index contributed by atoms with van der Waals surface area (Å²) in [6.45, 7) is 6.17. The Morgan fingerprint density at radius 2 is 1.60 bits per heavy atom. The zero-order valence-electron chi connectivity index (χ0n) is 12.2. The topological polar surface area (TPSA) is 37.3 Å². The van der Waals surface area contributed by atoms with Crippen LogP contribution in [-0.2, 0) is 11.2 Å². The molecule has 104 valence electrons. The highest BCUT2D eigenvalue weighted by molar-refractivity contribution is 5.76. The van der Waals surface area contributed by atoms with E-state index in [2.05, 4.69) is 32.9 Å². The highest BCUT2D eigenvalue weighted by Gasteiger charge is 2.21. The van der Waals surface area contributed by atoms with Gasteiger partial charge in [-0.25, -0.2) is 0 Å². The number of aliphatic carboxylic acids is 1. The van der Waals surface area contributed by atoms with Crippen LogP contribution in [0.15, 0.2) is 42.5 Å². The summed E-state index contributed by atoms with van der Waals surface area (Å²) in [6.07, 6.45) is 0.539. The maximum Gasteiger partial charge on any atom is 0.311 e. The summed E-state index contributed by atoms with van der Waals surface area (Å²) in [5, 5.41) is 9.52. The molecule has 0 fully saturated rings. The molecule has 2 rings (SSSR count). The zero-order valence-corrected chi connectivity index (χ0v) is 12.2. The van der Waals surface area contributed by atoms with E-state index in [1.165, 1.54) is 16.7 Å². The van der Waals surface area contributed by atoms with E-state index < -0.39 is 11.9 Å². The third-order valence-corrected chi connectivity index (χ3v) is 3.75. The molecule has 0 saturated heterocycles. The summed E-state index contributed by atoms with van der Waals surface area (Å²) in [6, 6.07) is 13.7. The Labute approximate surface area is 120 Å². The predicted octanol–water partition coefficient (Wildman–Crippen LogP) is 4.02. The van der Waals surface area contributed by atoms with Crippen molar-refractivity contribution in [3.8, 4) is 0 Å². The second-order valence-corrected chi connectivity index (χ2v) is 5.38. The van der Waals surface area contributed by atoms with Gasteiger partial charge in [-0.1, -0.05) is 48.0 Å². The molecule has 0 bridgehead atoms. The minimum absolute atomic E-state index is 0.490. The Balaban J connectivity index is 2.38. The summed E-state index contributed by atoms with van der Waals surface area (Å²) in [5.74, 6) is -1.26. The lowest BCUT2D eigenvalue weighted by molar-refractivity contribution is -0.138. The van der Waals surface area contributed by atoms with Gasteiger partial charge in [0.2, 0.25) is 0 Å². The molecular weight excluding hydrogens is 248 g/mol. The lowest BCUT2D eigenvalue weighted by Gasteiger charge is -2.17. The van der Waals surface area contributed by atoms with Gasteiger partial charge in [0.1, 0.15) is 0 Å². The van der Waals surface area contributed by atoms with Gasteiger partial charge in [0, 0.05) is 0 Å². The van der Waals surface area contributed by atoms with Crippen LogP contribution >= 0.6 is 0 Å². The van der Waals surface area contributed by atoms with Crippen molar-refractivity contribution >= 4 is 5.97 Å². The Hall–Kier alpha value is -2.09. The number of hydrogen-bond acceptors (Lipinski definition) is 1. The van der Waals surface area contributed by atoms with Gasteiger partial charge in [0.15, 0.2) is 0 Å². The van der Waals surface area contributed by atoms with Crippen molar-refractivity contribution in [1.82, 2.24) is 0 Å². The van der Waals surface area contributed by atoms with Crippen molar-refractivity contribution in [3.63, 3.8) is 0 Å². The molecule has 0 saturated carbocycles. The van der Waals surface area contributed by atoms with E-state index in [4.69, 9.17) is 0 Å². The van der Waals surface area contributed by atoms with Crippen molar-refractivity contribution in [2.24, 2.45) is 0 Å². The third-order valence-electron chi connectivity index (χ3n) is 3.75. The van der Waals surface area contributed by atoms with Crippen LogP contribution in [0.4, 0.5) is 0 Å². The van der Waals surface area contributed by atoms with E-state index in [1.54, 1.807) is 0 Å². The minimum atomic E-state index is -0.768. The average molecular weight is 268 g/mol. The Kier molecular flexibility index (Phi) is 4.23. The second kappa shape index (κ2) is 5.91. The van der Waals surface area contributed by atoms with Gasteiger partial charge >= 0.3 is 5.97 Å². The average Bonchev–Trinajstić information content (AvgIpc) is 2.38. The molecule has 2 nitrogen and oxygen atoms in total. The van der Waals surface area contributed by atoms with Crippen LogP contribution < -0.4 is 0 Å². The van der Waals surface area contributed by atoms with E-state index in [0.29, 0.717) is 6.42 Å². The molecule has 0 amide bonds. The summed E-state index contributed by atoms with van der Waals surface area (Å²) >= 11 is 0. The molecule has 20 heavy (non-hydrogen) atoms. The molecule has 0 aromatic heterocycles. The molecule has 1 atom stereocenters. The van der Waals surface area contributed by atoms with E-state index in [-0.39, 0.29) is 0 Å². The lowest BCUT2D eigenvalue weighted by Crippen LogP contribution is -2.15. The van der Waals surface area contributed by atoms with Gasteiger partial charge in [-0.05, 0) is 49.4 Å². The number of rotatable bonds is 4.